The van der Waals surface area contributed by atoms with Crippen LogP contribution in [0.5, 0.6) is 5.75 Å². The highest BCUT2D eigenvalue weighted by atomic mass is 35.5. The molecule has 1 unspecified atom stereocenters. The summed E-state index contributed by atoms with van der Waals surface area (Å²) in [4.78, 5) is 15.4. The van der Waals surface area contributed by atoms with E-state index in [1.165, 1.54) is 0 Å². The Bertz CT molecular complexity index is 1350. The fourth-order valence-electron chi connectivity index (χ4n) is 5.09. The zero-order chi connectivity index (χ0) is 23.1. The first kappa shape index (κ1) is 21.8. The van der Waals surface area contributed by atoms with Crippen molar-refractivity contribution in [3.63, 3.8) is 0 Å². The maximum absolute atomic E-state index is 13.1. The first-order valence-corrected chi connectivity index (χ1v) is 11.7. The van der Waals surface area contributed by atoms with Crippen LogP contribution in [0, 0.1) is 6.92 Å². The Kier molecular flexibility index (Phi) is 5.77. The van der Waals surface area contributed by atoms with Gasteiger partial charge in [-0.15, -0.1) is 0 Å². The largest absolute Gasteiger partial charge is 0.507 e. The van der Waals surface area contributed by atoms with Gasteiger partial charge in [0.2, 0.25) is 0 Å². The number of esters is 1. The van der Waals surface area contributed by atoms with E-state index >= 15 is 0 Å². The monoisotopic (exact) mass is 463 g/mol. The number of halogens is 1. The third-order valence-electron chi connectivity index (χ3n) is 6.49. The van der Waals surface area contributed by atoms with Gasteiger partial charge in [0.25, 0.3) is 0 Å². The van der Waals surface area contributed by atoms with Crippen molar-refractivity contribution in [3.8, 4) is 5.75 Å². The van der Waals surface area contributed by atoms with Gasteiger partial charge in [-0.3, -0.25) is 4.90 Å². The molecule has 1 fully saturated rings. The van der Waals surface area contributed by atoms with Crippen molar-refractivity contribution >= 4 is 39.3 Å². The third-order valence-corrected chi connectivity index (χ3v) is 6.84. The maximum atomic E-state index is 13.1. The van der Waals surface area contributed by atoms with Gasteiger partial charge in [-0.25, -0.2) is 4.79 Å². The van der Waals surface area contributed by atoms with Crippen molar-refractivity contribution in [1.29, 1.82) is 0 Å². The second-order valence-electron chi connectivity index (χ2n) is 8.43. The SMILES string of the molecule is CCOC(=O)c1c(C)oc2c1c(C(c1ccccc1Cl)N1CCCC1)c(O)c1ccccc12. The molecule has 170 valence electrons. The highest BCUT2D eigenvalue weighted by molar-refractivity contribution is 6.31. The Hall–Kier alpha value is -3.02. The molecule has 2 heterocycles. The van der Waals surface area contributed by atoms with E-state index in [1.54, 1.807) is 13.8 Å². The molecule has 1 aromatic heterocycles. The average Bonchev–Trinajstić information content (AvgIpc) is 3.45. The minimum atomic E-state index is -0.455. The smallest absolute Gasteiger partial charge is 0.342 e. The first-order chi connectivity index (χ1) is 16.0. The molecule has 6 heteroatoms. The molecule has 0 aliphatic carbocycles. The van der Waals surface area contributed by atoms with E-state index in [1.807, 2.05) is 48.5 Å². The Balaban J connectivity index is 1.93. The number of fused-ring (bicyclic) bond motifs is 3. The van der Waals surface area contributed by atoms with E-state index < -0.39 is 5.97 Å². The first-order valence-electron chi connectivity index (χ1n) is 11.3. The summed E-state index contributed by atoms with van der Waals surface area (Å²) in [6.45, 7) is 5.53. The molecule has 0 amide bonds. The minimum Gasteiger partial charge on any atom is -0.507 e. The number of phenols is 1. The molecule has 0 bridgehead atoms. The predicted molar refractivity (Wildman–Crippen MR) is 130 cm³/mol. The van der Waals surface area contributed by atoms with Crippen molar-refractivity contribution in [2.24, 2.45) is 0 Å². The average molecular weight is 464 g/mol. The van der Waals surface area contributed by atoms with Gasteiger partial charge in [0.15, 0.2) is 0 Å². The summed E-state index contributed by atoms with van der Waals surface area (Å²) in [5.41, 5.74) is 2.47. The molecule has 1 aliphatic heterocycles. The second-order valence-corrected chi connectivity index (χ2v) is 8.84. The number of nitrogens with zero attached hydrogens (tertiary/aromatic N) is 1. The fourth-order valence-corrected chi connectivity index (χ4v) is 5.33. The lowest BCUT2D eigenvalue weighted by Crippen LogP contribution is -2.27. The highest BCUT2D eigenvalue weighted by Gasteiger charge is 2.35. The van der Waals surface area contributed by atoms with E-state index in [-0.39, 0.29) is 18.4 Å². The van der Waals surface area contributed by atoms with Crippen LogP contribution in [0.15, 0.2) is 52.9 Å². The summed E-state index contributed by atoms with van der Waals surface area (Å²) in [5, 5.41) is 14.4. The van der Waals surface area contributed by atoms with Crippen LogP contribution >= 0.6 is 11.6 Å². The van der Waals surface area contributed by atoms with Crippen molar-refractivity contribution in [2.75, 3.05) is 19.7 Å². The molecule has 0 spiro atoms. The van der Waals surface area contributed by atoms with Gasteiger partial charge in [0, 0.05) is 26.7 Å². The molecule has 5 nitrogen and oxygen atoms in total. The highest BCUT2D eigenvalue weighted by Crippen LogP contribution is 2.48. The van der Waals surface area contributed by atoms with Gasteiger partial charge in [-0.2, -0.15) is 0 Å². The predicted octanol–water partition coefficient (Wildman–Crippen LogP) is 6.62. The van der Waals surface area contributed by atoms with Crippen LogP contribution in [0.2, 0.25) is 5.02 Å². The lowest BCUT2D eigenvalue weighted by molar-refractivity contribution is 0.0526. The lowest BCUT2D eigenvalue weighted by Gasteiger charge is -2.30. The molecular weight excluding hydrogens is 438 g/mol. The van der Waals surface area contributed by atoms with Gasteiger partial charge in [-0.05, 0) is 51.4 Å². The van der Waals surface area contributed by atoms with Crippen LogP contribution in [0.4, 0.5) is 0 Å². The van der Waals surface area contributed by atoms with Crippen LogP contribution in [0.3, 0.4) is 0 Å². The number of carbonyl (C=O) groups excluding carboxylic acids is 1. The van der Waals surface area contributed by atoms with Crippen molar-refractivity contribution in [3.05, 3.63) is 76.0 Å². The summed E-state index contributed by atoms with van der Waals surface area (Å²) < 4.78 is 11.6. The van der Waals surface area contributed by atoms with Gasteiger partial charge in [0.1, 0.15) is 22.7 Å². The summed E-state index contributed by atoms with van der Waals surface area (Å²) in [6, 6.07) is 14.9. The molecule has 5 rings (SSSR count). The van der Waals surface area contributed by atoms with E-state index in [4.69, 9.17) is 20.8 Å². The molecule has 4 aromatic rings. The molecule has 1 atom stereocenters. The second kappa shape index (κ2) is 8.73. The van der Waals surface area contributed by atoms with Gasteiger partial charge < -0.3 is 14.3 Å². The zero-order valence-corrected chi connectivity index (χ0v) is 19.5. The van der Waals surface area contributed by atoms with E-state index in [0.717, 1.165) is 36.9 Å². The van der Waals surface area contributed by atoms with Gasteiger partial charge in [-0.1, -0.05) is 54.1 Å². The third kappa shape index (κ3) is 3.56. The summed E-state index contributed by atoms with van der Waals surface area (Å²) in [7, 11) is 0. The molecular formula is C27H26ClNO4. The number of phenolic OH excluding ortho intramolecular Hbond substituents is 1. The van der Waals surface area contributed by atoms with Crippen LogP contribution in [-0.4, -0.2) is 35.7 Å². The molecule has 1 N–H and O–H groups in total. The van der Waals surface area contributed by atoms with Gasteiger partial charge >= 0.3 is 5.97 Å². The van der Waals surface area contributed by atoms with Gasteiger partial charge in [0.05, 0.1) is 12.6 Å². The Morgan fingerprint density at radius 3 is 2.48 bits per heavy atom. The van der Waals surface area contributed by atoms with Crippen LogP contribution in [0.1, 0.15) is 53.1 Å². The lowest BCUT2D eigenvalue weighted by atomic mass is 9.89. The Morgan fingerprint density at radius 1 is 1.12 bits per heavy atom. The van der Waals surface area contributed by atoms with E-state index in [2.05, 4.69) is 4.90 Å². The van der Waals surface area contributed by atoms with Crippen molar-refractivity contribution < 1.29 is 19.1 Å². The molecule has 1 aliphatic rings. The number of furan rings is 1. The van der Waals surface area contributed by atoms with Crippen LogP contribution in [0.25, 0.3) is 21.7 Å². The Labute approximate surface area is 197 Å². The number of likely N-dealkylation sites (tertiary alicyclic amines) is 1. The zero-order valence-electron chi connectivity index (χ0n) is 18.7. The van der Waals surface area contributed by atoms with E-state index in [0.29, 0.717) is 38.3 Å². The number of hydrogen-bond donors (Lipinski definition) is 1. The van der Waals surface area contributed by atoms with Crippen molar-refractivity contribution in [2.45, 2.75) is 32.7 Å². The summed E-state index contributed by atoms with van der Waals surface area (Å²) in [6.07, 6.45) is 2.13. The number of ether oxygens (including phenoxy) is 1. The minimum absolute atomic E-state index is 0.140. The molecule has 3 aromatic carbocycles. The number of hydrogen-bond acceptors (Lipinski definition) is 5. The van der Waals surface area contributed by atoms with Crippen LogP contribution < -0.4 is 0 Å². The molecule has 0 radical (unpaired) electrons. The number of carbonyl (C=O) groups is 1. The maximum Gasteiger partial charge on any atom is 0.342 e. The number of aromatic hydroxyl groups is 1. The quantitative estimate of drug-likeness (QED) is 0.337. The number of rotatable bonds is 5. The fraction of sp³-hybridized carbons (Fsp3) is 0.296. The van der Waals surface area contributed by atoms with Crippen LogP contribution in [-0.2, 0) is 4.74 Å². The molecule has 33 heavy (non-hydrogen) atoms. The number of benzene rings is 3. The topological polar surface area (TPSA) is 62.9 Å². The summed E-state index contributed by atoms with van der Waals surface area (Å²) in [5.74, 6) is 0.157. The standard InChI is InChI=1S/C27H26ClNO4/c1-3-32-27(31)21-16(2)33-26-18-11-5-4-10-17(18)25(30)23(22(21)26)24(29-14-8-9-15-29)19-12-6-7-13-20(19)28/h4-7,10-13,24,30H,3,8-9,14-15H2,1-2H3. The van der Waals surface area contributed by atoms with Crippen molar-refractivity contribution in [1.82, 2.24) is 4.90 Å². The summed E-state index contributed by atoms with van der Waals surface area (Å²) >= 11 is 6.70. The normalized spacial score (nSPS) is 15.4. The van der Waals surface area contributed by atoms with E-state index in [9.17, 15) is 9.90 Å². The Morgan fingerprint density at radius 2 is 1.79 bits per heavy atom. The number of aryl methyl sites for hydroxylation is 1. The molecule has 0 saturated carbocycles. The molecule has 1 saturated heterocycles.